The van der Waals surface area contributed by atoms with Crippen LogP contribution in [0.25, 0.3) is 11.0 Å². The van der Waals surface area contributed by atoms with E-state index in [0.717, 1.165) is 41.2 Å². The summed E-state index contributed by atoms with van der Waals surface area (Å²) >= 11 is 0. The molecule has 0 radical (unpaired) electrons. The van der Waals surface area contributed by atoms with Crippen LogP contribution in [0.4, 0.5) is 5.82 Å². The van der Waals surface area contributed by atoms with Gasteiger partial charge in [-0.2, -0.15) is 5.10 Å². The van der Waals surface area contributed by atoms with Crippen molar-refractivity contribution in [3.63, 3.8) is 0 Å². The predicted octanol–water partition coefficient (Wildman–Crippen LogP) is 1.63. The van der Waals surface area contributed by atoms with Crippen LogP contribution in [0.3, 0.4) is 0 Å². The van der Waals surface area contributed by atoms with E-state index in [0.29, 0.717) is 13.1 Å². The first-order chi connectivity index (χ1) is 12.1. The van der Waals surface area contributed by atoms with Crippen molar-refractivity contribution in [2.75, 3.05) is 31.1 Å². The highest BCUT2D eigenvalue weighted by atomic mass is 16.2. The standard InChI is InChI=1S/C18H20N6O/c1-13-15-16(22(2)21-13)17(20-12-19-15)23-8-10-24(11-9-23)18(25)14-6-4-3-5-7-14/h3-7,12H,8-11H2,1-2H3. The van der Waals surface area contributed by atoms with Gasteiger partial charge in [-0.05, 0) is 19.1 Å². The number of aromatic nitrogens is 4. The maximum absolute atomic E-state index is 12.6. The van der Waals surface area contributed by atoms with E-state index in [-0.39, 0.29) is 5.91 Å². The molecular formula is C18H20N6O. The van der Waals surface area contributed by atoms with Crippen LogP contribution in [-0.2, 0) is 7.05 Å². The van der Waals surface area contributed by atoms with Crippen molar-refractivity contribution in [1.82, 2.24) is 24.6 Å². The molecule has 0 bridgehead atoms. The average Bonchev–Trinajstić information content (AvgIpc) is 2.96. The monoisotopic (exact) mass is 336 g/mol. The van der Waals surface area contributed by atoms with E-state index in [1.165, 1.54) is 0 Å². The number of carbonyl (C=O) groups excluding carboxylic acids is 1. The van der Waals surface area contributed by atoms with Gasteiger partial charge in [-0.3, -0.25) is 9.48 Å². The molecule has 0 saturated carbocycles. The lowest BCUT2D eigenvalue weighted by atomic mass is 10.2. The van der Waals surface area contributed by atoms with E-state index in [1.54, 1.807) is 6.33 Å². The number of amides is 1. The topological polar surface area (TPSA) is 67.2 Å². The van der Waals surface area contributed by atoms with E-state index in [1.807, 2.05) is 53.9 Å². The van der Waals surface area contributed by atoms with Gasteiger partial charge in [0.15, 0.2) is 5.82 Å². The minimum atomic E-state index is 0.0875. The van der Waals surface area contributed by atoms with E-state index < -0.39 is 0 Å². The molecule has 1 aliphatic heterocycles. The third kappa shape index (κ3) is 2.71. The Morgan fingerprint density at radius 1 is 1.04 bits per heavy atom. The number of benzene rings is 1. The highest BCUT2D eigenvalue weighted by Gasteiger charge is 2.25. The first-order valence-corrected chi connectivity index (χ1v) is 8.38. The zero-order valence-corrected chi connectivity index (χ0v) is 14.4. The van der Waals surface area contributed by atoms with Gasteiger partial charge in [0.1, 0.15) is 17.4 Å². The molecule has 1 amide bonds. The molecule has 2 aromatic heterocycles. The van der Waals surface area contributed by atoms with Crippen LogP contribution >= 0.6 is 0 Å². The van der Waals surface area contributed by atoms with E-state index in [9.17, 15) is 4.79 Å². The summed E-state index contributed by atoms with van der Waals surface area (Å²) in [4.78, 5) is 25.5. The smallest absolute Gasteiger partial charge is 0.253 e. The number of hydrogen-bond donors (Lipinski definition) is 0. The number of fused-ring (bicyclic) bond motifs is 1. The van der Waals surface area contributed by atoms with Gasteiger partial charge in [0, 0.05) is 38.8 Å². The SMILES string of the molecule is Cc1nn(C)c2c(N3CCN(C(=O)c4ccccc4)CC3)ncnc12. The van der Waals surface area contributed by atoms with E-state index in [2.05, 4.69) is 20.0 Å². The maximum Gasteiger partial charge on any atom is 0.253 e. The van der Waals surface area contributed by atoms with Gasteiger partial charge in [-0.25, -0.2) is 9.97 Å². The van der Waals surface area contributed by atoms with Crippen LogP contribution < -0.4 is 4.90 Å². The number of hydrogen-bond acceptors (Lipinski definition) is 5. The Labute approximate surface area is 145 Å². The number of anilines is 1. The molecule has 0 spiro atoms. The molecule has 0 aliphatic carbocycles. The minimum Gasteiger partial charge on any atom is -0.351 e. The molecule has 0 N–H and O–H groups in total. The number of aryl methyl sites for hydroxylation is 2. The minimum absolute atomic E-state index is 0.0875. The summed E-state index contributed by atoms with van der Waals surface area (Å²) < 4.78 is 1.83. The molecule has 1 saturated heterocycles. The molecule has 7 heteroatoms. The lowest BCUT2D eigenvalue weighted by Crippen LogP contribution is -2.49. The van der Waals surface area contributed by atoms with Crippen molar-refractivity contribution < 1.29 is 4.79 Å². The van der Waals surface area contributed by atoms with Gasteiger partial charge in [0.25, 0.3) is 5.91 Å². The average molecular weight is 336 g/mol. The first-order valence-electron chi connectivity index (χ1n) is 8.38. The molecular weight excluding hydrogens is 316 g/mol. The van der Waals surface area contributed by atoms with Crippen LogP contribution in [0.1, 0.15) is 16.1 Å². The fourth-order valence-corrected chi connectivity index (χ4v) is 3.37. The second kappa shape index (κ2) is 6.16. The van der Waals surface area contributed by atoms with Crippen molar-refractivity contribution in [2.45, 2.75) is 6.92 Å². The van der Waals surface area contributed by atoms with Crippen LogP contribution in [0.5, 0.6) is 0 Å². The summed E-state index contributed by atoms with van der Waals surface area (Å²) in [6, 6.07) is 9.44. The number of rotatable bonds is 2. The van der Waals surface area contributed by atoms with Gasteiger partial charge >= 0.3 is 0 Å². The van der Waals surface area contributed by atoms with Crippen LogP contribution in [0.2, 0.25) is 0 Å². The summed E-state index contributed by atoms with van der Waals surface area (Å²) in [6.45, 7) is 4.80. The second-order valence-corrected chi connectivity index (χ2v) is 6.25. The van der Waals surface area contributed by atoms with Crippen LogP contribution in [0.15, 0.2) is 36.7 Å². The summed E-state index contributed by atoms with van der Waals surface area (Å²) in [5.74, 6) is 0.976. The molecule has 3 aromatic rings. The van der Waals surface area contributed by atoms with Crippen molar-refractivity contribution in [1.29, 1.82) is 0 Å². The summed E-state index contributed by atoms with van der Waals surface area (Å²) in [5, 5.41) is 4.45. The number of nitrogens with zero attached hydrogens (tertiary/aromatic N) is 6. The lowest BCUT2D eigenvalue weighted by molar-refractivity contribution is 0.0746. The molecule has 0 unspecified atom stereocenters. The Morgan fingerprint density at radius 3 is 2.48 bits per heavy atom. The van der Waals surface area contributed by atoms with Gasteiger partial charge in [0.2, 0.25) is 0 Å². The third-order valence-corrected chi connectivity index (χ3v) is 4.66. The van der Waals surface area contributed by atoms with Gasteiger partial charge < -0.3 is 9.80 Å². The second-order valence-electron chi connectivity index (χ2n) is 6.25. The lowest BCUT2D eigenvalue weighted by Gasteiger charge is -2.35. The highest BCUT2D eigenvalue weighted by Crippen LogP contribution is 2.25. The molecule has 1 aromatic carbocycles. The summed E-state index contributed by atoms with van der Waals surface area (Å²) in [7, 11) is 1.91. The fraction of sp³-hybridized carbons (Fsp3) is 0.333. The largest absolute Gasteiger partial charge is 0.351 e. The van der Waals surface area contributed by atoms with E-state index >= 15 is 0 Å². The Hall–Kier alpha value is -2.96. The molecule has 0 atom stereocenters. The molecule has 4 rings (SSSR count). The van der Waals surface area contributed by atoms with Crippen LogP contribution in [0, 0.1) is 6.92 Å². The highest BCUT2D eigenvalue weighted by molar-refractivity contribution is 5.94. The molecule has 1 aliphatic rings. The van der Waals surface area contributed by atoms with Crippen molar-refractivity contribution >= 4 is 22.8 Å². The first kappa shape index (κ1) is 15.6. The summed E-state index contributed by atoms with van der Waals surface area (Å²) in [6.07, 6.45) is 1.59. The Bertz CT molecular complexity index is 912. The fourth-order valence-electron chi connectivity index (χ4n) is 3.37. The quantitative estimate of drug-likeness (QED) is 0.712. The molecule has 25 heavy (non-hydrogen) atoms. The van der Waals surface area contributed by atoms with Crippen molar-refractivity contribution in [3.05, 3.63) is 47.9 Å². The molecule has 3 heterocycles. The Kier molecular flexibility index (Phi) is 3.83. The van der Waals surface area contributed by atoms with Crippen molar-refractivity contribution in [2.24, 2.45) is 7.05 Å². The third-order valence-electron chi connectivity index (χ3n) is 4.66. The zero-order valence-electron chi connectivity index (χ0n) is 14.4. The number of piperazine rings is 1. The normalized spacial score (nSPS) is 15.0. The zero-order chi connectivity index (χ0) is 17.4. The van der Waals surface area contributed by atoms with Gasteiger partial charge in [0.05, 0.1) is 5.69 Å². The van der Waals surface area contributed by atoms with Gasteiger partial charge in [-0.15, -0.1) is 0 Å². The predicted molar refractivity (Wildman–Crippen MR) is 95.6 cm³/mol. The maximum atomic E-state index is 12.6. The Morgan fingerprint density at radius 2 is 1.76 bits per heavy atom. The van der Waals surface area contributed by atoms with Gasteiger partial charge in [-0.1, -0.05) is 18.2 Å². The molecule has 1 fully saturated rings. The van der Waals surface area contributed by atoms with Crippen molar-refractivity contribution in [3.8, 4) is 0 Å². The number of carbonyl (C=O) groups is 1. The summed E-state index contributed by atoms with van der Waals surface area (Å²) in [5.41, 5.74) is 3.47. The van der Waals surface area contributed by atoms with E-state index in [4.69, 9.17) is 0 Å². The van der Waals surface area contributed by atoms with Crippen LogP contribution in [-0.4, -0.2) is 56.7 Å². The Balaban J connectivity index is 1.54. The molecule has 128 valence electrons. The molecule has 7 nitrogen and oxygen atoms in total.